The average molecular weight is 467 g/mol. The summed E-state index contributed by atoms with van der Waals surface area (Å²) in [7, 11) is -3.52. The third-order valence-electron chi connectivity index (χ3n) is 5.94. The third kappa shape index (κ3) is 4.92. The maximum atomic E-state index is 14.0. The molecule has 2 aromatic carbocycles. The Morgan fingerprint density at radius 2 is 1.81 bits per heavy atom. The highest BCUT2D eigenvalue weighted by Crippen LogP contribution is 2.29. The van der Waals surface area contributed by atoms with Gasteiger partial charge in [0.1, 0.15) is 11.7 Å². The van der Waals surface area contributed by atoms with Gasteiger partial charge in [-0.3, -0.25) is 4.99 Å². The summed E-state index contributed by atoms with van der Waals surface area (Å²) in [5, 5.41) is 6.86. The van der Waals surface area contributed by atoms with Gasteiger partial charge < -0.3 is 10.6 Å². The van der Waals surface area contributed by atoms with Crippen molar-refractivity contribution in [2.45, 2.75) is 36.7 Å². The van der Waals surface area contributed by atoms with Crippen LogP contribution in [0.25, 0.3) is 0 Å². The van der Waals surface area contributed by atoms with E-state index in [1.807, 2.05) is 25.1 Å². The minimum atomic E-state index is -3.52. The SMILES string of the molecule is Cc1ccc(S(=O)(=O)N2CCC3(CC2)NCCN=C3NCc2ccccc2F)cc1.Cl. The molecule has 168 valence electrons. The number of benzene rings is 2. The van der Waals surface area contributed by atoms with Crippen LogP contribution < -0.4 is 10.6 Å². The Bertz CT molecular complexity index is 1040. The van der Waals surface area contributed by atoms with Gasteiger partial charge in [0.05, 0.1) is 17.0 Å². The van der Waals surface area contributed by atoms with E-state index in [-0.39, 0.29) is 18.2 Å². The summed E-state index contributed by atoms with van der Waals surface area (Å²) in [5.74, 6) is 0.548. The van der Waals surface area contributed by atoms with Gasteiger partial charge in [-0.05, 0) is 38.0 Å². The molecule has 0 amide bonds. The molecule has 31 heavy (non-hydrogen) atoms. The normalized spacial score (nSPS) is 18.8. The number of nitrogens with zero attached hydrogens (tertiary/aromatic N) is 2. The highest BCUT2D eigenvalue weighted by atomic mass is 35.5. The Labute approximate surface area is 189 Å². The molecule has 1 spiro atoms. The summed E-state index contributed by atoms with van der Waals surface area (Å²) in [5.41, 5.74) is 1.21. The number of aliphatic imine (C=N–C) groups is 1. The first-order chi connectivity index (χ1) is 14.4. The molecule has 0 bridgehead atoms. The summed E-state index contributed by atoms with van der Waals surface area (Å²) in [4.78, 5) is 4.98. The van der Waals surface area contributed by atoms with Crippen molar-refractivity contribution in [3.8, 4) is 0 Å². The number of halogens is 2. The molecule has 1 fully saturated rings. The van der Waals surface area contributed by atoms with Gasteiger partial charge in [0, 0.05) is 31.7 Å². The van der Waals surface area contributed by atoms with Gasteiger partial charge >= 0.3 is 0 Å². The first kappa shape index (κ1) is 23.7. The smallest absolute Gasteiger partial charge is 0.243 e. The van der Waals surface area contributed by atoms with E-state index in [1.165, 1.54) is 6.07 Å². The van der Waals surface area contributed by atoms with Crippen LogP contribution >= 0.6 is 12.4 Å². The molecule has 1 saturated heterocycles. The molecule has 6 nitrogen and oxygen atoms in total. The second-order valence-corrected chi connectivity index (χ2v) is 9.84. The van der Waals surface area contributed by atoms with Crippen LogP contribution in [0, 0.1) is 12.7 Å². The number of aryl methyl sites for hydroxylation is 1. The zero-order valence-electron chi connectivity index (χ0n) is 17.5. The number of sulfonamides is 1. The Morgan fingerprint density at radius 1 is 1.13 bits per heavy atom. The molecule has 0 saturated carbocycles. The topological polar surface area (TPSA) is 73.8 Å². The third-order valence-corrected chi connectivity index (χ3v) is 7.85. The minimum Gasteiger partial charge on any atom is -0.368 e. The molecular formula is C22H28ClFN4O2S. The van der Waals surface area contributed by atoms with Crippen molar-refractivity contribution in [2.24, 2.45) is 4.99 Å². The van der Waals surface area contributed by atoms with E-state index in [4.69, 9.17) is 0 Å². The number of rotatable bonds is 4. The van der Waals surface area contributed by atoms with Crippen molar-refractivity contribution in [3.05, 3.63) is 65.5 Å². The summed E-state index contributed by atoms with van der Waals surface area (Å²) in [6.07, 6.45) is 1.22. The zero-order chi connectivity index (χ0) is 21.2. The molecule has 2 aliphatic rings. The van der Waals surface area contributed by atoms with Crippen molar-refractivity contribution in [2.75, 3.05) is 26.2 Å². The lowest BCUT2D eigenvalue weighted by molar-refractivity contribution is 0.241. The predicted octanol–water partition coefficient (Wildman–Crippen LogP) is 2.87. The summed E-state index contributed by atoms with van der Waals surface area (Å²) in [6, 6.07) is 13.6. The Balaban J connectivity index is 0.00000272. The lowest BCUT2D eigenvalue weighted by atomic mass is 9.85. The van der Waals surface area contributed by atoms with Crippen molar-refractivity contribution < 1.29 is 12.8 Å². The standard InChI is InChI=1S/C22H27FN4O2S.ClH/c1-17-6-8-19(9-7-17)30(28,29)27-14-10-22(11-15-27)21(24-12-13-26-22)25-16-18-4-2-3-5-20(18)23;/h2-9,26H,10-16H2,1H3,(H,24,25);1H. The van der Waals surface area contributed by atoms with E-state index >= 15 is 0 Å². The molecule has 0 aromatic heterocycles. The molecule has 0 unspecified atom stereocenters. The highest BCUT2D eigenvalue weighted by molar-refractivity contribution is 7.89. The Morgan fingerprint density at radius 3 is 2.48 bits per heavy atom. The maximum absolute atomic E-state index is 14.0. The van der Waals surface area contributed by atoms with Crippen molar-refractivity contribution >= 4 is 28.3 Å². The minimum absolute atomic E-state index is 0. The average Bonchev–Trinajstić information content (AvgIpc) is 2.75. The first-order valence-electron chi connectivity index (χ1n) is 10.2. The van der Waals surface area contributed by atoms with Crippen molar-refractivity contribution in [3.63, 3.8) is 0 Å². The van der Waals surface area contributed by atoms with Crippen LogP contribution in [-0.2, 0) is 16.6 Å². The van der Waals surface area contributed by atoms with E-state index in [1.54, 1.807) is 28.6 Å². The molecule has 2 aliphatic heterocycles. The number of amidine groups is 1. The Hall–Kier alpha value is -2.00. The molecule has 0 aliphatic carbocycles. The quantitative estimate of drug-likeness (QED) is 0.726. The van der Waals surface area contributed by atoms with E-state index in [0.29, 0.717) is 49.5 Å². The molecule has 2 N–H and O–H groups in total. The molecule has 9 heteroatoms. The first-order valence-corrected chi connectivity index (χ1v) is 11.7. The number of hydrogen-bond donors (Lipinski definition) is 2. The van der Waals surface area contributed by atoms with Gasteiger partial charge in [0.25, 0.3) is 0 Å². The number of piperidine rings is 1. The lowest BCUT2D eigenvalue weighted by Crippen LogP contribution is -2.64. The summed E-state index contributed by atoms with van der Waals surface area (Å²) < 4.78 is 41.6. The van der Waals surface area contributed by atoms with Gasteiger partial charge in [-0.25, -0.2) is 12.8 Å². The van der Waals surface area contributed by atoms with E-state index in [2.05, 4.69) is 15.6 Å². The van der Waals surface area contributed by atoms with E-state index in [0.717, 1.165) is 17.9 Å². The highest BCUT2D eigenvalue weighted by Gasteiger charge is 2.43. The second-order valence-electron chi connectivity index (χ2n) is 7.90. The van der Waals surface area contributed by atoms with Gasteiger partial charge in [-0.2, -0.15) is 4.31 Å². The lowest BCUT2D eigenvalue weighted by Gasteiger charge is -2.44. The van der Waals surface area contributed by atoms with Crippen LogP contribution in [0.2, 0.25) is 0 Å². The predicted molar refractivity (Wildman–Crippen MR) is 123 cm³/mol. The van der Waals surface area contributed by atoms with E-state index < -0.39 is 15.6 Å². The molecular weight excluding hydrogens is 439 g/mol. The van der Waals surface area contributed by atoms with Gasteiger partial charge in [0.2, 0.25) is 10.0 Å². The molecule has 2 heterocycles. The van der Waals surface area contributed by atoms with Crippen molar-refractivity contribution in [1.82, 2.24) is 14.9 Å². The zero-order valence-corrected chi connectivity index (χ0v) is 19.1. The molecule has 4 rings (SSSR count). The number of nitrogens with one attached hydrogen (secondary N) is 2. The van der Waals surface area contributed by atoms with Crippen LogP contribution in [0.4, 0.5) is 4.39 Å². The van der Waals surface area contributed by atoms with Crippen LogP contribution in [0.3, 0.4) is 0 Å². The van der Waals surface area contributed by atoms with E-state index in [9.17, 15) is 12.8 Å². The van der Waals surface area contributed by atoms with Crippen LogP contribution in [0.5, 0.6) is 0 Å². The number of hydrogen-bond acceptors (Lipinski definition) is 5. The molecule has 0 radical (unpaired) electrons. The van der Waals surface area contributed by atoms with Crippen LogP contribution in [-0.4, -0.2) is 50.3 Å². The van der Waals surface area contributed by atoms with Gasteiger partial charge in [-0.15, -0.1) is 12.4 Å². The fraction of sp³-hybridized carbons (Fsp3) is 0.409. The second kappa shape index (κ2) is 9.65. The summed E-state index contributed by atoms with van der Waals surface area (Å²) >= 11 is 0. The fourth-order valence-electron chi connectivity index (χ4n) is 4.12. The van der Waals surface area contributed by atoms with Gasteiger partial charge in [-0.1, -0.05) is 35.9 Å². The Kier molecular flexibility index (Phi) is 7.36. The van der Waals surface area contributed by atoms with Crippen LogP contribution in [0.1, 0.15) is 24.0 Å². The van der Waals surface area contributed by atoms with Crippen molar-refractivity contribution in [1.29, 1.82) is 0 Å². The van der Waals surface area contributed by atoms with Gasteiger partial charge in [0.15, 0.2) is 0 Å². The fourth-order valence-corrected chi connectivity index (χ4v) is 5.57. The summed E-state index contributed by atoms with van der Waals surface area (Å²) in [6.45, 7) is 4.49. The molecule has 2 aromatic rings. The molecule has 0 atom stereocenters. The monoisotopic (exact) mass is 466 g/mol. The largest absolute Gasteiger partial charge is 0.368 e. The maximum Gasteiger partial charge on any atom is 0.243 e. The van der Waals surface area contributed by atoms with Crippen LogP contribution in [0.15, 0.2) is 58.4 Å².